The lowest BCUT2D eigenvalue weighted by Gasteiger charge is -2.27. The maximum Gasteiger partial charge on any atom is 0.417 e. The van der Waals surface area contributed by atoms with E-state index in [0.29, 0.717) is 0 Å². The highest BCUT2D eigenvalue weighted by Crippen LogP contribution is 2.57. The second-order valence-corrected chi connectivity index (χ2v) is 7.66. The van der Waals surface area contributed by atoms with E-state index in [1.165, 1.54) is 17.7 Å². The van der Waals surface area contributed by atoms with Gasteiger partial charge in [0, 0.05) is 16.1 Å². The first-order valence-corrected chi connectivity index (χ1v) is 8.55. The van der Waals surface area contributed by atoms with Crippen LogP contribution in [0.1, 0.15) is 18.9 Å². The van der Waals surface area contributed by atoms with E-state index in [4.69, 9.17) is 0 Å². The third-order valence-corrected chi connectivity index (χ3v) is 6.28. The Balaban J connectivity index is 1.73. The van der Waals surface area contributed by atoms with Crippen molar-refractivity contribution in [3.8, 4) is 0 Å². The monoisotopic (exact) mass is 401 g/mol. The number of rotatable bonds is 1. The van der Waals surface area contributed by atoms with Gasteiger partial charge in [-0.3, -0.25) is 9.69 Å². The molecule has 0 aromatic heterocycles. The predicted octanol–water partition coefficient (Wildman–Crippen LogP) is 3.96. The van der Waals surface area contributed by atoms with Crippen LogP contribution in [0.15, 0.2) is 34.3 Å². The quantitative estimate of drug-likeness (QED) is 0.723. The van der Waals surface area contributed by atoms with Crippen LogP contribution in [0.4, 0.5) is 18.9 Å². The molecule has 3 aliphatic rings. The summed E-state index contributed by atoms with van der Waals surface area (Å²) in [5, 5.41) is 10.7. The number of aliphatic hydroxyl groups is 1. The zero-order valence-electron chi connectivity index (χ0n) is 12.7. The Morgan fingerprint density at radius 1 is 1.33 bits per heavy atom. The predicted molar refractivity (Wildman–Crippen MR) is 85.0 cm³/mol. The first kappa shape index (κ1) is 16.1. The summed E-state index contributed by atoms with van der Waals surface area (Å²) in [7, 11) is 0. The third-order valence-electron chi connectivity index (χ3n) is 5.59. The molecule has 24 heavy (non-hydrogen) atoms. The highest BCUT2D eigenvalue weighted by Gasteiger charge is 2.60. The van der Waals surface area contributed by atoms with Gasteiger partial charge in [-0.25, -0.2) is 0 Å². The summed E-state index contributed by atoms with van der Waals surface area (Å²) in [6.45, 7) is 1.99. The van der Waals surface area contributed by atoms with Crippen LogP contribution in [-0.2, 0) is 11.0 Å². The second-order valence-electron chi connectivity index (χ2n) is 6.80. The maximum absolute atomic E-state index is 13.1. The number of fused-ring (bicyclic) bond motifs is 5. The summed E-state index contributed by atoms with van der Waals surface area (Å²) < 4.78 is 39.3. The molecular formula is C17H15BrF3NO2. The SMILES string of the molecule is CC1=CC2CC1[C@H]1C(O)N(c3ccc(Br)c(C(F)(F)F)c3)C(=O)[C@@H]21. The van der Waals surface area contributed by atoms with Crippen molar-refractivity contribution in [2.45, 2.75) is 25.7 Å². The van der Waals surface area contributed by atoms with E-state index in [9.17, 15) is 23.1 Å². The number of alkyl halides is 3. The molecule has 3 nitrogen and oxygen atoms in total. The maximum atomic E-state index is 13.1. The average molecular weight is 402 g/mol. The number of amides is 1. The summed E-state index contributed by atoms with van der Waals surface area (Å²) in [6.07, 6.45) is -2.69. The van der Waals surface area contributed by atoms with Crippen LogP contribution in [0.2, 0.25) is 0 Å². The Morgan fingerprint density at radius 2 is 2.04 bits per heavy atom. The van der Waals surface area contributed by atoms with Gasteiger partial charge in [-0.2, -0.15) is 13.2 Å². The molecule has 1 aromatic rings. The van der Waals surface area contributed by atoms with E-state index >= 15 is 0 Å². The smallest absolute Gasteiger partial charge is 0.373 e. The van der Waals surface area contributed by atoms with Crippen LogP contribution in [0, 0.1) is 23.7 Å². The van der Waals surface area contributed by atoms with E-state index < -0.39 is 18.0 Å². The largest absolute Gasteiger partial charge is 0.417 e. The summed E-state index contributed by atoms with van der Waals surface area (Å²) in [4.78, 5) is 13.9. The minimum Gasteiger partial charge on any atom is -0.373 e. The number of hydrogen-bond acceptors (Lipinski definition) is 2. The molecule has 1 aliphatic heterocycles. The number of nitrogens with zero attached hydrogens (tertiary/aromatic N) is 1. The first-order chi connectivity index (χ1) is 11.2. The van der Waals surface area contributed by atoms with Crippen LogP contribution in [0.3, 0.4) is 0 Å². The fourth-order valence-electron chi connectivity index (χ4n) is 4.62. The molecule has 1 saturated heterocycles. The van der Waals surface area contributed by atoms with Crippen molar-refractivity contribution in [2.75, 3.05) is 4.90 Å². The van der Waals surface area contributed by atoms with E-state index in [1.54, 1.807) is 0 Å². The summed E-state index contributed by atoms with van der Waals surface area (Å²) in [6, 6.07) is 3.63. The van der Waals surface area contributed by atoms with Gasteiger partial charge in [0.2, 0.25) is 5.91 Å². The van der Waals surface area contributed by atoms with Gasteiger partial charge in [-0.05, 0) is 43.4 Å². The molecule has 1 heterocycles. The van der Waals surface area contributed by atoms with E-state index in [-0.39, 0.29) is 39.7 Å². The number of anilines is 1. The van der Waals surface area contributed by atoms with Gasteiger partial charge in [0.05, 0.1) is 11.5 Å². The Bertz CT molecular complexity index is 761. The van der Waals surface area contributed by atoms with Crippen LogP contribution in [-0.4, -0.2) is 17.2 Å². The Morgan fingerprint density at radius 3 is 2.71 bits per heavy atom. The molecule has 2 fully saturated rings. The number of aliphatic hydroxyl groups excluding tert-OH is 1. The van der Waals surface area contributed by atoms with Crippen LogP contribution in [0.5, 0.6) is 0 Å². The van der Waals surface area contributed by atoms with Crippen molar-refractivity contribution in [1.82, 2.24) is 0 Å². The van der Waals surface area contributed by atoms with E-state index in [2.05, 4.69) is 22.0 Å². The molecule has 0 radical (unpaired) electrons. The van der Waals surface area contributed by atoms with E-state index in [0.717, 1.165) is 17.4 Å². The number of benzene rings is 1. The minimum absolute atomic E-state index is 0.0855. The zero-order chi connectivity index (χ0) is 17.4. The van der Waals surface area contributed by atoms with Gasteiger partial charge in [0.15, 0.2) is 0 Å². The molecule has 3 unspecified atom stereocenters. The number of halogens is 4. The number of hydrogen-bond donors (Lipinski definition) is 1. The Labute approximate surface area is 145 Å². The molecule has 5 atom stereocenters. The van der Waals surface area contributed by atoms with Gasteiger partial charge in [0.25, 0.3) is 0 Å². The first-order valence-electron chi connectivity index (χ1n) is 7.76. The lowest BCUT2D eigenvalue weighted by atomic mass is 9.81. The normalized spacial score (nSPS) is 34.8. The molecule has 4 rings (SSSR count). The Kier molecular flexibility index (Phi) is 3.42. The Hall–Kier alpha value is -1.34. The van der Waals surface area contributed by atoms with Crippen molar-refractivity contribution in [3.63, 3.8) is 0 Å². The second kappa shape index (κ2) is 5.08. The third kappa shape index (κ3) is 2.10. The van der Waals surface area contributed by atoms with Crippen molar-refractivity contribution in [2.24, 2.45) is 23.7 Å². The molecule has 1 saturated carbocycles. The number of carbonyl (C=O) groups excluding carboxylic acids is 1. The number of allylic oxidation sites excluding steroid dienone is 2. The molecule has 128 valence electrons. The van der Waals surface area contributed by atoms with E-state index in [1.807, 2.05) is 6.92 Å². The molecule has 0 spiro atoms. The molecule has 2 bridgehead atoms. The van der Waals surface area contributed by atoms with Crippen molar-refractivity contribution in [3.05, 3.63) is 39.9 Å². The topological polar surface area (TPSA) is 40.5 Å². The van der Waals surface area contributed by atoms with Crippen molar-refractivity contribution >= 4 is 27.5 Å². The highest BCUT2D eigenvalue weighted by atomic mass is 79.9. The van der Waals surface area contributed by atoms with Gasteiger partial charge in [0.1, 0.15) is 6.23 Å². The molecule has 7 heteroatoms. The lowest BCUT2D eigenvalue weighted by molar-refractivity contribution is -0.138. The van der Waals surface area contributed by atoms with Gasteiger partial charge < -0.3 is 5.11 Å². The summed E-state index contributed by atoms with van der Waals surface area (Å²) in [5.41, 5.74) is 0.408. The highest BCUT2D eigenvalue weighted by molar-refractivity contribution is 9.10. The zero-order valence-corrected chi connectivity index (χ0v) is 14.3. The lowest BCUT2D eigenvalue weighted by Crippen LogP contribution is -2.37. The molecule has 1 N–H and O–H groups in total. The molecule has 1 amide bonds. The fourth-order valence-corrected chi connectivity index (χ4v) is 5.09. The average Bonchev–Trinajstić information content (AvgIpc) is 3.10. The molecule has 1 aromatic carbocycles. The number of carbonyl (C=O) groups is 1. The van der Waals surface area contributed by atoms with Crippen LogP contribution >= 0.6 is 15.9 Å². The molecular weight excluding hydrogens is 387 g/mol. The summed E-state index contributed by atoms with van der Waals surface area (Å²) in [5.74, 6) is -0.609. The summed E-state index contributed by atoms with van der Waals surface area (Å²) >= 11 is 2.90. The van der Waals surface area contributed by atoms with Gasteiger partial charge in [-0.1, -0.05) is 27.6 Å². The standard InChI is InChI=1S/C17H15BrF3NO2/c1-7-4-8-5-10(7)14-13(8)15(23)22(16(14)24)9-2-3-12(18)11(6-9)17(19,20)21/h2-4,6,8,10,13-14,16,24H,5H2,1H3/t8?,10?,13-,14+,16?/m0/s1. The van der Waals surface area contributed by atoms with Crippen molar-refractivity contribution < 1.29 is 23.1 Å². The van der Waals surface area contributed by atoms with Crippen LogP contribution < -0.4 is 4.90 Å². The van der Waals surface area contributed by atoms with Gasteiger partial charge >= 0.3 is 6.18 Å². The fraction of sp³-hybridized carbons (Fsp3) is 0.471. The van der Waals surface area contributed by atoms with Gasteiger partial charge in [-0.15, -0.1) is 0 Å². The van der Waals surface area contributed by atoms with Crippen LogP contribution in [0.25, 0.3) is 0 Å². The minimum atomic E-state index is -4.53. The molecule has 2 aliphatic carbocycles. The van der Waals surface area contributed by atoms with Crippen molar-refractivity contribution in [1.29, 1.82) is 0 Å².